The molecule has 0 aliphatic heterocycles. The molecule has 1 N–H and O–H groups in total. The Morgan fingerprint density at radius 3 is 2.32 bits per heavy atom. The molecule has 0 radical (unpaired) electrons. The van der Waals surface area contributed by atoms with Gasteiger partial charge >= 0.3 is 0 Å². The van der Waals surface area contributed by atoms with E-state index in [2.05, 4.69) is 12.2 Å². The van der Waals surface area contributed by atoms with Gasteiger partial charge in [0.25, 0.3) is 0 Å². The zero-order valence-corrected chi connectivity index (χ0v) is 12.7. The molecule has 5 heteroatoms. The van der Waals surface area contributed by atoms with Crippen LogP contribution in [0.4, 0.5) is 0 Å². The summed E-state index contributed by atoms with van der Waals surface area (Å²) < 4.78 is 28.6. The second-order valence-corrected chi connectivity index (χ2v) is 6.74. The summed E-state index contributed by atoms with van der Waals surface area (Å²) in [5, 5.41) is 3.34. The number of methoxy groups -OCH3 is 1. The summed E-state index contributed by atoms with van der Waals surface area (Å²) in [6, 6.07) is 7.38. The van der Waals surface area contributed by atoms with Gasteiger partial charge in [0.05, 0.1) is 17.3 Å². The van der Waals surface area contributed by atoms with E-state index in [1.54, 1.807) is 26.2 Å². The topological polar surface area (TPSA) is 55.4 Å². The first-order chi connectivity index (χ1) is 9.03. The quantitative estimate of drug-likeness (QED) is 0.789. The number of ether oxygens (including phenoxy) is 1. The van der Waals surface area contributed by atoms with Crippen LogP contribution >= 0.6 is 0 Å². The van der Waals surface area contributed by atoms with Crippen molar-refractivity contribution < 1.29 is 13.2 Å². The van der Waals surface area contributed by atoms with E-state index < -0.39 is 9.84 Å². The molecule has 0 saturated carbocycles. The third-order valence-corrected chi connectivity index (χ3v) is 4.76. The Labute approximate surface area is 116 Å². The van der Waals surface area contributed by atoms with Gasteiger partial charge in [0.15, 0.2) is 9.84 Å². The lowest BCUT2D eigenvalue weighted by atomic mass is 10.1. The molecule has 0 aromatic heterocycles. The lowest BCUT2D eigenvalue weighted by Crippen LogP contribution is -2.34. The largest absolute Gasteiger partial charge is 0.383 e. The maximum absolute atomic E-state index is 11.7. The van der Waals surface area contributed by atoms with Gasteiger partial charge in [-0.3, -0.25) is 0 Å². The van der Waals surface area contributed by atoms with Crippen molar-refractivity contribution in [3.8, 4) is 0 Å². The molecule has 4 nitrogen and oxygen atoms in total. The van der Waals surface area contributed by atoms with E-state index in [1.807, 2.05) is 12.1 Å². The Morgan fingerprint density at radius 2 is 1.84 bits per heavy atom. The number of hydrogen-bond donors (Lipinski definition) is 1. The van der Waals surface area contributed by atoms with Crippen molar-refractivity contribution in [3.63, 3.8) is 0 Å². The monoisotopic (exact) mass is 285 g/mol. The Balaban J connectivity index is 2.76. The van der Waals surface area contributed by atoms with Crippen molar-refractivity contribution >= 4 is 9.84 Å². The lowest BCUT2D eigenvalue weighted by Gasteiger charge is -2.17. The van der Waals surface area contributed by atoms with Crippen LogP contribution in [0, 0.1) is 0 Å². The zero-order chi connectivity index (χ0) is 14.3. The van der Waals surface area contributed by atoms with Crippen LogP contribution in [-0.4, -0.2) is 40.5 Å². The molecule has 19 heavy (non-hydrogen) atoms. The number of hydrogen-bond acceptors (Lipinski definition) is 4. The Hall–Kier alpha value is -0.910. The highest BCUT2D eigenvalue weighted by molar-refractivity contribution is 7.91. The van der Waals surface area contributed by atoms with Crippen LogP contribution in [-0.2, 0) is 21.0 Å². The predicted molar refractivity (Wildman–Crippen MR) is 77.2 cm³/mol. The standard InChI is InChI=1S/C14H23NO3S/c1-4-15-13(11-18-3)10-12-6-8-14(9-7-12)19(16,17)5-2/h6-9,13,15H,4-5,10-11H2,1-3H3. The highest BCUT2D eigenvalue weighted by atomic mass is 32.2. The number of benzene rings is 1. The number of likely N-dealkylation sites (N-methyl/N-ethyl adjacent to an activating group) is 1. The summed E-state index contributed by atoms with van der Waals surface area (Å²) in [5.41, 5.74) is 1.11. The predicted octanol–water partition coefficient (Wildman–Crippen LogP) is 1.65. The highest BCUT2D eigenvalue weighted by Gasteiger charge is 2.12. The van der Waals surface area contributed by atoms with Gasteiger partial charge in [0, 0.05) is 13.2 Å². The van der Waals surface area contributed by atoms with Gasteiger partial charge in [-0.1, -0.05) is 26.0 Å². The van der Waals surface area contributed by atoms with Crippen molar-refractivity contribution in [1.29, 1.82) is 0 Å². The van der Waals surface area contributed by atoms with E-state index in [4.69, 9.17) is 4.74 Å². The van der Waals surface area contributed by atoms with Crippen LogP contribution < -0.4 is 5.32 Å². The number of rotatable bonds is 8. The molecular formula is C14H23NO3S. The van der Waals surface area contributed by atoms with E-state index in [9.17, 15) is 8.42 Å². The molecule has 0 amide bonds. The van der Waals surface area contributed by atoms with Gasteiger partial charge in [0.1, 0.15) is 0 Å². The normalized spacial score (nSPS) is 13.4. The molecule has 108 valence electrons. The first-order valence-electron chi connectivity index (χ1n) is 6.57. The average Bonchev–Trinajstić information content (AvgIpc) is 2.40. The summed E-state index contributed by atoms with van der Waals surface area (Å²) in [6.07, 6.45) is 0.828. The van der Waals surface area contributed by atoms with Crippen LogP contribution in [0.3, 0.4) is 0 Å². The highest BCUT2D eigenvalue weighted by Crippen LogP contribution is 2.13. The van der Waals surface area contributed by atoms with Crippen molar-refractivity contribution in [2.75, 3.05) is 26.0 Å². The zero-order valence-electron chi connectivity index (χ0n) is 11.8. The van der Waals surface area contributed by atoms with E-state index >= 15 is 0 Å². The smallest absolute Gasteiger partial charge is 0.178 e. The van der Waals surface area contributed by atoms with Crippen LogP contribution in [0.2, 0.25) is 0 Å². The van der Waals surface area contributed by atoms with Crippen LogP contribution in [0.1, 0.15) is 19.4 Å². The van der Waals surface area contributed by atoms with Crippen molar-refractivity contribution in [1.82, 2.24) is 5.32 Å². The second kappa shape index (κ2) is 7.62. The lowest BCUT2D eigenvalue weighted by molar-refractivity contribution is 0.167. The fourth-order valence-electron chi connectivity index (χ4n) is 1.96. The molecule has 1 aromatic carbocycles. The fraction of sp³-hybridized carbons (Fsp3) is 0.571. The van der Waals surface area contributed by atoms with Gasteiger partial charge in [-0.25, -0.2) is 8.42 Å². The Bertz CT molecular complexity index is 462. The summed E-state index contributed by atoms with van der Waals surface area (Å²) in [4.78, 5) is 0.394. The summed E-state index contributed by atoms with van der Waals surface area (Å²) >= 11 is 0. The van der Waals surface area contributed by atoms with Crippen molar-refractivity contribution in [3.05, 3.63) is 29.8 Å². The third kappa shape index (κ3) is 4.93. The minimum atomic E-state index is -3.10. The molecule has 0 bridgehead atoms. The van der Waals surface area contributed by atoms with Crippen molar-refractivity contribution in [2.45, 2.75) is 31.2 Å². The van der Waals surface area contributed by atoms with Crippen LogP contribution in [0.5, 0.6) is 0 Å². The SMILES string of the molecule is CCNC(COC)Cc1ccc(S(=O)(=O)CC)cc1. The molecule has 0 spiro atoms. The fourth-order valence-corrected chi connectivity index (χ4v) is 2.85. The molecule has 1 rings (SSSR count). The summed E-state index contributed by atoms with van der Waals surface area (Å²) in [7, 11) is -1.42. The molecule has 1 aromatic rings. The van der Waals surface area contributed by atoms with Gasteiger partial charge < -0.3 is 10.1 Å². The maximum Gasteiger partial charge on any atom is 0.178 e. The first-order valence-corrected chi connectivity index (χ1v) is 8.22. The van der Waals surface area contributed by atoms with Crippen LogP contribution in [0.25, 0.3) is 0 Å². The molecule has 0 aliphatic rings. The first kappa shape index (κ1) is 16.1. The Kier molecular flexibility index (Phi) is 6.48. The van der Waals surface area contributed by atoms with Gasteiger partial charge in [-0.2, -0.15) is 0 Å². The molecule has 0 aliphatic carbocycles. The second-order valence-electron chi connectivity index (χ2n) is 4.46. The van der Waals surface area contributed by atoms with E-state index in [1.165, 1.54) is 0 Å². The van der Waals surface area contributed by atoms with E-state index in [0.29, 0.717) is 11.5 Å². The number of nitrogens with one attached hydrogen (secondary N) is 1. The molecule has 0 heterocycles. The molecule has 1 atom stereocenters. The maximum atomic E-state index is 11.7. The molecule has 1 unspecified atom stereocenters. The van der Waals surface area contributed by atoms with E-state index in [-0.39, 0.29) is 11.8 Å². The van der Waals surface area contributed by atoms with Crippen molar-refractivity contribution in [2.24, 2.45) is 0 Å². The third-order valence-electron chi connectivity index (χ3n) is 3.01. The summed E-state index contributed by atoms with van der Waals surface area (Å²) in [6.45, 7) is 5.24. The molecule has 0 fully saturated rings. The van der Waals surface area contributed by atoms with E-state index in [0.717, 1.165) is 18.5 Å². The molecular weight excluding hydrogens is 262 g/mol. The summed E-state index contributed by atoms with van der Waals surface area (Å²) in [5.74, 6) is 0.135. The minimum Gasteiger partial charge on any atom is -0.383 e. The van der Waals surface area contributed by atoms with Gasteiger partial charge in [-0.05, 0) is 30.7 Å². The Morgan fingerprint density at radius 1 is 1.21 bits per heavy atom. The van der Waals surface area contributed by atoms with Gasteiger partial charge in [0.2, 0.25) is 0 Å². The van der Waals surface area contributed by atoms with Crippen LogP contribution in [0.15, 0.2) is 29.2 Å². The van der Waals surface area contributed by atoms with Gasteiger partial charge in [-0.15, -0.1) is 0 Å². The average molecular weight is 285 g/mol. The minimum absolute atomic E-state index is 0.135. The number of sulfone groups is 1. The molecule has 0 saturated heterocycles.